The van der Waals surface area contributed by atoms with E-state index in [1.807, 2.05) is 12.5 Å². The Hall–Kier alpha value is 0.130. The number of primary amides is 1. The minimum atomic E-state index is -0.333. The first kappa shape index (κ1) is 11.9. The molecule has 0 aromatic heterocycles. The molecule has 5 heteroatoms. The van der Waals surface area contributed by atoms with Crippen LogP contribution in [0.1, 0.15) is 6.92 Å². The van der Waals surface area contributed by atoms with E-state index in [1.165, 1.54) is 31.0 Å². The summed E-state index contributed by atoms with van der Waals surface area (Å²) >= 11 is 2.73. The molecule has 0 saturated heterocycles. The van der Waals surface area contributed by atoms with E-state index in [0.29, 0.717) is 0 Å². The van der Waals surface area contributed by atoms with Crippen molar-refractivity contribution in [1.82, 2.24) is 0 Å². The van der Waals surface area contributed by atoms with E-state index >= 15 is 0 Å². The highest BCUT2D eigenvalue weighted by molar-refractivity contribution is 8.07. The second kappa shape index (κ2) is 11.0. The molecule has 56 valence electrons. The molecule has 0 unspecified atom stereocenters. The Balaban J connectivity index is 0. The van der Waals surface area contributed by atoms with Gasteiger partial charge in [-0.25, -0.2) is 3.63 Å². The Morgan fingerprint density at radius 3 is 1.67 bits per heavy atom. The molecule has 0 aliphatic carbocycles. The van der Waals surface area contributed by atoms with E-state index in [4.69, 9.17) is 0 Å². The third kappa shape index (κ3) is 67.3. The summed E-state index contributed by atoms with van der Waals surface area (Å²) in [5.41, 5.74) is 4.47. The first-order valence-corrected chi connectivity index (χ1v) is 4.44. The smallest absolute Gasteiger partial charge is 0.214 e. The Morgan fingerprint density at radius 2 is 1.67 bits per heavy atom. The summed E-state index contributed by atoms with van der Waals surface area (Å²) in [6.45, 7) is 1.31. The monoisotopic (exact) mass is 169 g/mol. The normalized spacial score (nSPS) is 7.44. The fourth-order valence-electron chi connectivity index (χ4n) is 0.0680. The van der Waals surface area contributed by atoms with Crippen molar-refractivity contribution in [2.75, 3.05) is 12.5 Å². The molecule has 0 saturated carbocycles. The van der Waals surface area contributed by atoms with Gasteiger partial charge in [0.05, 0.1) is 0 Å². The van der Waals surface area contributed by atoms with Crippen molar-refractivity contribution < 1.29 is 8.42 Å². The molecule has 0 heterocycles. The maximum atomic E-state index is 9.22. The predicted octanol–water partition coefficient (Wildman–Crippen LogP) is 1.05. The quantitative estimate of drug-likeness (QED) is 0.628. The van der Waals surface area contributed by atoms with Gasteiger partial charge in [-0.1, -0.05) is 0 Å². The van der Waals surface area contributed by atoms with Gasteiger partial charge in [-0.15, -0.1) is 0 Å². The number of carbonyl (C=O) groups excluding carboxylic acids is 1. The van der Waals surface area contributed by atoms with Crippen LogP contribution in [0.2, 0.25) is 0 Å². The minimum absolute atomic E-state index is 0.333. The van der Waals surface area contributed by atoms with Crippen molar-refractivity contribution in [3.8, 4) is 0 Å². The van der Waals surface area contributed by atoms with Gasteiger partial charge in [-0.05, 0) is 0 Å². The molecule has 0 radical (unpaired) electrons. The van der Waals surface area contributed by atoms with Gasteiger partial charge in [0.25, 0.3) is 0 Å². The lowest BCUT2D eigenvalue weighted by Crippen LogP contribution is -2.01. The average molecular weight is 169 g/mol. The SMILES string of the molecule is CC(N)=O.CSOSC. The van der Waals surface area contributed by atoms with Crippen LogP contribution < -0.4 is 5.73 Å². The summed E-state index contributed by atoms with van der Waals surface area (Å²) in [6.07, 6.45) is 3.77. The number of hydrogen-bond acceptors (Lipinski definition) is 4. The Kier molecular flexibility index (Phi) is 14.5. The number of nitrogens with two attached hydrogens (primary N) is 1. The van der Waals surface area contributed by atoms with E-state index < -0.39 is 0 Å². The van der Waals surface area contributed by atoms with Crippen molar-refractivity contribution >= 4 is 30.0 Å². The number of hydrogen-bond donors (Lipinski definition) is 1. The Labute approximate surface area is 64.1 Å². The van der Waals surface area contributed by atoms with Crippen LogP contribution in [0.5, 0.6) is 0 Å². The molecule has 9 heavy (non-hydrogen) atoms. The van der Waals surface area contributed by atoms with Crippen molar-refractivity contribution in [2.45, 2.75) is 6.92 Å². The van der Waals surface area contributed by atoms with Crippen LogP contribution in [0.25, 0.3) is 0 Å². The largest absolute Gasteiger partial charge is 0.370 e. The minimum Gasteiger partial charge on any atom is -0.370 e. The third-order valence-corrected chi connectivity index (χ3v) is 1.22. The van der Waals surface area contributed by atoms with Gasteiger partial charge < -0.3 is 5.73 Å². The summed E-state index contributed by atoms with van der Waals surface area (Å²) in [5.74, 6) is -0.333. The van der Waals surface area contributed by atoms with E-state index in [-0.39, 0.29) is 5.91 Å². The molecule has 0 fully saturated rings. The van der Waals surface area contributed by atoms with Crippen LogP contribution in [0.15, 0.2) is 0 Å². The van der Waals surface area contributed by atoms with Crippen LogP contribution >= 0.6 is 24.1 Å². The maximum Gasteiger partial charge on any atom is 0.214 e. The lowest BCUT2D eigenvalue weighted by molar-refractivity contribution is -0.115. The molecule has 0 aliphatic rings. The van der Waals surface area contributed by atoms with Crippen molar-refractivity contribution in [1.29, 1.82) is 0 Å². The molecular weight excluding hydrogens is 158 g/mol. The van der Waals surface area contributed by atoms with Crippen LogP contribution in [-0.2, 0) is 8.42 Å². The molecule has 2 N–H and O–H groups in total. The first-order chi connectivity index (χ1) is 4.15. The van der Waals surface area contributed by atoms with E-state index in [2.05, 4.69) is 9.36 Å². The summed E-state index contributed by atoms with van der Waals surface area (Å²) in [4.78, 5) is 9.22. The topological polar surface area (TPSA) is 52.3 Å². The van der Waals surface area contributed by atoms with Crippen LogP contribution in [0, 0.1) is 0 Å². The predicted molar refractivity (Wildman–Crippen MR) is 43.0 cm³/mol. The lowest BCUT2D eigenvalue weighted by atomic mass is 10.8. The fourth-order valence-corrected chi connectivity index (χ4v) is 0.612. The molecule has 3 nitrogen and oxygen atoms in total. The van der Waals surface area contributed by atoms with Gasteiger partial charge in [0.2, 0.25) is 5.91 Å². The third-order valence-electron chi connectivity index (χ3n) is 0.136. The highest BCUT2D eigenvalue weighted by Gasteiger charge is 1.66. The van der Waals surface area contributed by atoms with Gasteiger partial charge in [0, 0.05) is 43.5 Å². The van der Waals surface area contributed by atoms with Crippen LogP contribution in [0.3, 0.4) is 0 Å². The summed E-state index contributed by atoms with van der Waals surface area (Å²) in [5, 5.41) is 0. The molecule has 0 rings (SSSR count). The van der Waals surface area contributed by atoms with Crippen molar-refractivity contribution in [3.05, 3.63) is 0 Å². The van der Waals surface area contributed by atoms with Crippen LogP contribution in [-0.4, -0.2) is 18.4 Å². The van der Waals surface area contributed by atoms with Crippen LogP contribution in [0.4, 0.5) is 0 Å². The van der Waals surface area contributed by atoms with E-state index in [9.17, 15) is 4.79 Å². The standard InChI is InChI=1S/C2H5NO.C2H6OS2/c1-2(3)4;1-4-3-5-2/h1H3,(H2,3,4);1-2H3. The second-order valence-corrected chi connectivity index (χ2v) is 2.22. The molecule has 0 aromatic carbocycles. The van der Waals surface area contributed by atoms with Gasteiger partial charge in [0.15, 0.2) is 0 Å². The number of rotatable bonds is 2. The second-order valence-electron chi connectivity index (χ2n) is 1.01. The van der Waals surface area contributed by atoms with Crippen molar-refractivity contribution in [2.24, 2.45) is 5.73 Å². The molecule has 0 aromatic rings. The fraction of sp³-hybridized carbons (Fsp3) is 0.750. The van der Waals surface area contributed by atoms with E-state index in [0.717, 1.165) is 0 Å². The zero-order valence-electron chi connectivity index (χ0n) is 5.71. The lowest BCUT2D eigenvalue weighted by Gasteiger charge is -1.82. The molecule has 0 bridgehead atoms. The highest BCUT2D eigenvalue weighted by Crippen LogP contribution is 2.04. The average Bonchev–Trinajstić information content (AvgIpc) is 1.66. The van der Waals surface area contributed by atoms with E-state index in [1.54, 1.807) is 0 Å². The summed E-state index contributed by atoms with van der Waals surface area (Å²) in [6, 6.07) is 0. The number of carbonyl (C=O) groups is 1. The molecular formula is C4H11NO2S2. The number of amides is 1. The maximum absolute atomic E-state index is 9.22. The van der Waals surface area contributed by atoms with Gasteiger partial charge in [-0.3, -0.25) is 4.79 Å². The van der Waals surface area contributed by atoms with Crippen molar-refractivity contribution in [3.63, 3.8) is 0 Å². The first-order valence-electron chi connectivity index (χ1n) is 2.14. The Bertz CT molecular complexity index is 63.6. The molecule has 0 atom stereocenters. The Morgan fingerprint density at radius 1 is 1.44 bits per heavy atom. The summed E-state index contributed by atoms with van der Waals surface area (Å²) in [7, 11) is 0. The van der Waals surface area contributed by atoms with Gasteiger partial charge in [0.1, 0.15) is 0 Å². The zero-order valence-corrected chi connectivity index (χ0v) is 7.34. The molecule has 1 amide bonds. The van der Waals surface area contributed by atoms with Gasteiger partial charge >= 0.3 is 0 Å². The molecule has 0 spiro atoms. The molecule has 0 aliphatic heterocycles. The summed E-state index contributed by atoms with van der Waals surface area (Å²) < 4.78 is 4.67. The highest BCUT2D eigenvalue weighted by atomic mass is 32.2. The van der Waals surface area contributed by atoms with Gasteiger partial charge in [-0.2, -0.15) is 0 Å². The zero-order chi connectivity index (χ0) is 7.70.